The molecule has 0 aliphatic carbocycles. The van der Waals surface area contributed by atoms with Crippen molar-refractivity contribution in [1.82, 2.24) is 4.90 Å². The summed E-state index contributed by atoms with van der Waals surface area (Å²) in [6.45, 7) is 2.66. The summed E-state index contributed by atoms with van der Waals surface area (Å²) in [5, 5.41) is 0. The predicted octanol–water partition coefficient (Wildman–Crippen LogP) is 1.94. The van der Waals surface area contributed by atoms with E-state index >= 15 is 0 Å². The number of ether oxygens (including phenoxy) is 1. The highest BCUT2D eigenvalue weighted by molar-refractivity contribution is 6.03. The van der Waals surface area contributed by atoms with E-state index in [-0.39, 0.29) is 12.1 Å². The molecule has 5 heteroatoms. The first-order chi connectivity index (χ1) is 8.67. The molecule has 1 aliphatic heterocycles. The molecule has 0 aromatic heterocycles. The third kappa shape index (κ3) is 2.16. The number of benzene rings is 1. The van der Waals surface area contributed by atoms with Gasteiger partial charge in [0.2, 0.25) is 0 Å². The van der Waals surface area contributed by atoms with Crippen LogP contribution in [0.4, 0.5) is 4.79 Å². The molecule has 1 heterocycles. The van der Waals surface area contributed by atoms with Crippen LogP contribution in [0, 0.1) is 0 Å². The van der Waals surface area contributed by atoms with Gasteiger partial charge in [-0.25, -0.2) is 4.79 Å². The van der Waals surface area contributed by atoms with Gasteiger partial charge in [-0.3, -0.25) is 0 Å². The SMILES string of the molecule is CCCN1C(=O)N=C(N)C1c1cccc(OC)c1. The first-order valence-corrected chi connectivity index (χ1v) is 5.96. The van der Waals surface area contributed by atoms with E-state index in [0.29, 0.717) is 12.4 Å². The maximum Gasteiger partial charge on any atom is 0.346 e. The third-order valence-corrected chi connectivity index (χ3v) is 2.94. The molecule has 1 aliphatic rings. The molecule has 2 N–H and O–H groups in total. The number of hydrogen-bond donors (Lipinski definition) is 1. The average molecular weight is 247 g/mol. The van der Waals surface area contributed by atoms with Gasteiger partial charge < -0.3 is 15.4 Å². The van der Waals surface area contributed by atoms with E-state index in [1.165, 1.54) is 0 Å². The van der Waals surface area contributed by atoms with E-state index < -0.39 is 0 Å². The molecule has 96 valence electrons. The lowest BCUT2D eigenvalue weighted by Gasteiger charge is -2.24. The van der Waals surface area contributed by atoms with Gasteiger partial charge in [0.1, 0.15) is 17.6 Å². The second-order valence-corrected chi connectivity index (χ2v) is 4.19. The summed E-state index contributed by atoms with van der Waals surface area (Å²) in [5.74, 6) is 1.10. The van der Waals surface area contributed by atoms with Crippen LogP contribution in [0.25, 0.3) is 0 Å². The van der Waals surface area contributed by atoms with E-state index in [4.69, 9.17) is 10.5 Å². The zero-order valence-electron chi connectivity index (χ0n) is 10.6. The van der Waals surface area contributed by atoms with Crippen molar-refractivity contribution >= 4 is 11.9 Å². The minimum Gasteiger partial charge on any atom is -0.497 e. The lowest BCUT2D eigenvalue weighted by molar-refractivity contribution is 0.206. The topological polar surface area (TPSA) is 67.9 Å². The maximum atomic E-state index is 11.7. The van der Waals surface area contributed by atoms with Gasteiger partial charge in [0.25, 0.3) is 0 Å². The van der Waals surface area contributed by atoms with Crippen molar-refractivity contribution in [2.45, 2.75) is 19.4 Å². The van der Waals surface area contributed by atoms with E-state index in [1.54, 1.807) is 12.0 Å². The van der Waals surface area contributed by atoms with Gasteiger partial charge in [-0.15, -0.1) is 0 Å². The molecule has 1 aromatic carbocycles. The van der Waals surface area contributed by atoms with E-state index in [9.17, 15) is 4.79 Å². The van der Waals surface area contributed by atoms with Crippen molar-refractivity contribution < 1.29 is 9.53 Å². The van der Waals surface area contributed by atoms with Crippen LogP contribution in [0.15, 0.2) is 29.3 Å². The van der Waals surface area contributed by atoms with E-state index in [2.05, 4.69) is 4.99 Å². The fraction of sp³-hybridized carbons (Fsp3) is 0.385. The molecule has 0 saturated heterocycles. The number of amides is 2. The Hall–Kier alpha value is -2.04. The number of carbonyl (C=O) groups is 1. The van der Waals surface area contributed by atoms with Crippen LogP contribution in [0.5, 0.6) is 5.75 Å². The van der Waals surface area contributed by atoms with Crippen molar-refractivity contribution in [3.8, 4) is 5.75 Å². The van der Waals surface area contributed by atoms with Crippen molar-refractivity contribution in [3.63, 3.8) is 0 Å². The first kappa shape index (κ1) is 12.4. The number of urea groups is 1. The van der Waals surface area contributed by atoms with Crippen molar-refractivity contribution in [2.75, 3.05) is 13.7 Å². The molecular weight excluding hydrogens is 230 g/mol. The van der Waals surface area contributed by atoms with Crippen LogP contribution in [-0.4, -0.2) is 30.4 Å². The monoisotopic (exact) mass is 247 g/mol. The van der Waals surface area contributed by atoms with Crippen LogP contribution < -0.4 is 10.5 Å². The Morgan fingerprint density at radius 1 is 1.50 bits per heavy atom. The fourth-order valence-electron chi connectivity index (χ4n) is 2.13. The Kier molecular flexibility index (Phi) is 3.50. The van der Waals surface area contributed by atoms with Crippen molar-refractivity contribution in [1.29, 1.82) is 0 Å². The molecule has 1 aromatic rings. The largest absolute Gasteiger partial charge is 0.497 e. The van der Waals surface area contributed by atoms with Crippen molar-refractivity contribution in [2.24, 2.45) is 10.7 Å². The molecule has 0 spiro atoms. The molecule has 0 radical (unpaired) electrons. The van der Waals surface area contributed by atoms with Crippen molar-refractivity contribution in [3.05, 3.63) is 29.8 Å². The van der Waals surface area contributed by atoms with Gasteiger partial charge in [-0.05, 0) is 24.1 Å². The van der Waals surface area contributed by atoms with Gasteiger partial charge in [0, 0.05) is 6.54 Å². The summed E-state index contributed by atoms with van der Waals surface area (Å²) < 4.78 is 5.19. The fourth-order valence-corrected chi connectivity index (χ4v) is 2.13. The summed E-state index contributed by atoms with van der Waals surface area (Å²) in [5.41, 5.74) is 6.79. The van der Waals surface area contributed by atoms with E-state index in [0.717, 1.165) is 17.7 Å². The number of hydrogen-bond acceptors (Lipinski definition) is 3. The predicted molar refractivity (Wildman–Crippen MR) is 69.8 cm³/mol. The summed E-state index contributed by atoms with van der Waals surface area (Å²) in [4.78, 5) is 17.3. The minimum atomic E-state index is -0.271. The Morgan fingerprint density at radius 3 is 2.94 bits per heavy atom. The second-order valence-electron chi connectivity index (χ2n) is 4.19. The Balaban J connectivity index is 2.34. The molecule has 0 bridgehead atoms. The number of carbonyl (C=O) groups excluding carboxylic acids is 1. The maximum absolute atomic E-state index is 11.7. The average Bonchev–Trinajstić information content (AvgIpc) is 2.65. The van der Waals surface area contributed by atoms with E-state index in [1.807, 2.05) is 31.2 Å². The molecule has 2 amide bonds. The molecular formula is C13H17N3O2. The highest BCUT2D eigenvalue weighted by Gasteiger charge is 2.33. The molecule has 0 fully saturated rings. The molecule has 2 rings (SSSR count). The van der Waals surface area contributed by atoms with Gasteiger partial charge in [-0.2, -0.15) is 4.99 Å². The lowest BCUT2D eigenvalue weighted by atomic mass is 10.0. The molecule has 1 atom stereocenters. The summed E-state index contributed by atoms with van der Waals surface area (Å²) >= 11 is 0. The third-order valence-electron chi connectivity index (χ3n) is 2.94. The molecule has 1 unspecified atom stereocenters. The number of aliphatic imine (C=N–C) groups is 1. The number of rotatable bonds is 4. The Bertz CT molecular complexity index is 485. The van der Waals surface area contributed by atoms with Crippen LogP contribution in [0.1, 0.15) is 24.9 Å². The summed E-state index contributed by atoms with van der Waals surface area (Å²) in [6, 6.07) is 7.02. The van der Waals surface area contributed by atoms with Crippen LogP contribution in [0.3, 0.4) is 0 Å². The van der Waals surface area contributed by atoms with Gasteiger partial charge in [0.15, 0.2) is 0 Å². The minimum absolute atomic E-state index is 0.262. The molecule has 18 heavy (non-hydrogen) atoms. The first-order valence-electron chi connectivity index (χ1n) is 5.96. The molecule has 5 nitrogen and oxygen atoms in total. The number of methoxy groups -OCH3 is 1. The zero-order valence-corrected chi connectivity index (χ0v) is 10.6. The molecule has 0 saturated carbocycles. The van der Waals surface area contributed by atoms with Crippen LogP contribution >= 0.6 is 0 Å². The van der Waals surface area contributed by atoms with Gasteiger partial charge >= 0.3 is 6.03 Å². The van der Waals surface area contributed by atoms with Gasteiger partial charge in [-0.1, -0.05) is 19.1 Å². The van der Waals surface area contributed by atoms with Gasteiger partial charge in [0.05, 0.1) is 7.11 Å². The Morgan fingerprint density at radius 2 is 2.28 bits per heavy atom. The standard InChI is InChI=1S/C13H17N3O2/c1-3-7-16-11(12(14)15-13(16)17)9-5-4-6-10(8-9)18-2/h4-6,8,11H,3,7H2,1-2H3,(H2,14,15,17). The number of nitrogens with zero attached hydrogens (tertiary/aromatic N) is 2. The Labute approximate surface area is 106 Å². The highest BCUT2D eigenvalue weighted by atomic mass is 16.5. The summed E-state index contributed by atoms with van der Waals surface area (Å²) in [7, 11) is 1.61. The van der Waals surface area contributed by atoms with Crippen LogP contribution in [0.2, 0.25) is 0 Å². The smallest absolute Gasteiger partial charge is 0.346 e. The lowest BCUT2D eigenvalue weighted by Crippen LogP contribution is -2.33. The van der Waals surface area contributed by atoms with Crippen LogP contribution in [-0.2, 0) is 0 Å². The quantitative estimate of drug-likeness (QED) is 0.884. The summed E-state index contributed by atoms with van der Waals surface area (Å²) in [6.07, 6.45) is 0.870. The number of amidine groups is 1. The second kappa shape index (κ2) is 5.08. The number of nitrogens with two attached hydrogens (primary N) is 1. The normalized spacial score (nSPS) is 19.0. The highest BCUT2D eigenvalue weighted by Crippen LogP contribution is 2.29. The zero-order chi connectivity index (χ0) is 13.1.